The lowest BCUT2D eigenvalue weighted by atomic mass is 9.48. The van der Waals surface area contributed by atoms with Gasteiger partial charge in [0.15, 0.2) is 26.4 Å². The van der Waals surface area contributed by atoms with E-state index in [1.807, 2.05) is 27.7 Å². The van der Waals surface area contributed by atoms with Crippen molar-refractivity contribution in [2.24, 2.45) is 110 Å². The molecule has 13 unspecified atom stereocenters. The zero-order chi connectivity index (χ0) is 67.4. The van der Waals surface area contributed by atoms with Gasteiger partial charge in [-0.15, -0.1) is 0 Å². The minimum Gasteiger partial charge on any atom is -0.463 e. The van der Waals surface area contributed by atoms with Crippen LogP contribution in [0.25, 0.3) is 0 Å². The van der Waals surface area contributed by atoms with Crippen LogP contribution >= 0.6 is 0 Å². The molecule has 0 saturated heterocycles. The molecule has 0 spiro atoms. The van der Waals surface area contributed by atoms with Crippen molar-refractivity contribution in [1.29, 1.82) is 0 Å². The Hall–Kier alpha value is -4.40. The third-order valence-corrected chi connectivity index (χ3v) is 25.2. The molecule has 16 aliphatic rings. The van der Waals surface area contributed by atoms with Crippen LogP contribution in [0.2, 0.25) is 0 Å². The molecule has 0 radical (unpaired) electrons. The summed E-state index contributed by atoms with van der Waals surface area (Å²) in [6.07, 6.45) is 23.9. The van der Waals surface area contributed by atoms with Gasteiger partial charge in [-0.3, -0.25) is 19.2 Å². The minimum atomic E-state index is -0.587. The summed E-state index contributed by atoms with van der Waals surface area (Å²) >= 11 is 0. The zero-order valence-electron chi connectivity index (χ0n) is 57.5. The molecule has 0 aromatic carbocycles. The van der Waals surface area contributed by atoms with Gasteiger partial charge in [-0.25, -0.2) is 19.2 Å². The van der Waals surface area contributed by atoms with Gasteiger partial charge in [-0.05, 0) is 239 Å². The quantitative estimate of drug-likeness (QED) is 0.0516. The highest BCUT2D eigenvalue weighted by atomic mass is 16.6. The van der Waals surface area contributed by atoms with Crippen molar-refractivity contribution in [3.05, 3.63) is 0 Å². The smallest absolute Gasteiger partial charge is 0.344 e. The van der Waals surface area contributed by atoms with Crippen molar-refractivity contribution >= 4 is 47.8 Å². The predicted molar refractivity (Wildman–Crippen MR) is 338 cm³/mol. The third-order valence-electron chi connectivity index (χ3n) is 25.2. The Morgan fingerprint density at radius 3 is 1.09 bits per heavy atom. The largest absolute Gasteiger partial charge is 0.463 e. The number of carbonyl (C=O) groups is 8. The van der Waals surface area contributed by atoms with E-state index in [4.69, 9.17) is 37.9 Å². The van der Waals surface area contributed by atoms with Crippen molar-refractivity contribution in [3.63, 3.8) is 0 Å². The molecule has 0 aliphatic heterocycles. The molecular formula is C73H114O20. The molecule has 13 atom stereocenters. The van der Waals surface area contributed by atoms with E-state index in [0.717, 1.165) is 116 Å². The second-order valence-corrected chi connectivity index (χ2v) is 33.2. The van der Waals surface area contributed by atoms with Gasteiger partial charge in [0.25, 0.3) is 0 Å². The summed E-state index contributed by atoms with van der Waals surface area (Å²) in [7, 11) is 0. The molecule has 16 rings (SSSR count). The van der Waals surface area contributed by atoms with Crippen LogP contribution in [0.5, 0.6) is 0 Å². The van der Waals surface area contributed by atoms with Crippen molar-refractivity contribution in [1.82, 2.24) is 0 Å². The lowest BCUT2D eigenvalue weighted by Gasteiger charge is -2.59. The normalized spacial score (nSPS) is 38.6. The van der Waals surface area contributed by atoms with Crippen LogP contribution in [0.3, 0.4) is 0 Å². The van der Waals surface area contributed by atoms with E-state index in [9.17, 15) is 58.8 Å². The highest BCUT2D eigenvalue weighted by molar-refractivity contribution is 5.80. The van der Waals surface area contributed by atoms with E-state index < -0.39 is 34.9 Å². The van der Waals surface area contributed by atoms with Crippen molar-refractivity contribution in [2.45, 2.75) is 247 Å². The van der Waals surface area contributed by atoms with Gasteiger partial charge >= 0.3 is 47.8 Å². The van der Waals surface area contributed by atoms with Crippen molar-refractivity contribution < 1.29 is 96.7 Å². The Bertz CT molecular complexity index is 2590. The number of aliphatic hydroxyl groups is 4. The van der Waals surface area contributed by atoms with Gasteiger partial charge < -0.3 is 58.3 Å². The van der Waals surface area contributed by atoms with Crippen molar-refractivity contribution in [2.75, 3.05) is 52.9 Å². The fraction of sp³-hybridized carbons (Fsp3) is 0.890. The summed E-state index contributed by atoms with van der Waals surface area (Å²) in [5.41, 5.74) is -1.67. The number of carbonyl (C=O) groups excluding carboxylic acids is 8. The van der Waals surface area contributed by atoms with Crippen molar-refractivity contribution in [3.8, 4) is 0 Å². The molecule has 20 nitrogen and oxygen atoms in total. The molecule has 526 valence electrons. The highest BCUT2D eigenvalue weighted by Crippen LogP contribution is 2.64. The van der Waals surface area contributed by atoms with Crippen LogP contribution in [0, 0.1) is 110 Å². The number of rotatable bonds is 24. The molecule has 93 heavy (non-hydrogen) atoms. The molecule has 4 N–H and O–H groups in total. The monoisotopic (exact) mass is 1310 g/mol. The van der Waals surface area contributed by atoms with Gasteiger partial charge in [-0.2, -0.15) is 0 Å². The Morgan fingerprint density at radius 1 is 0.398 bits per heavy atom. The lowest BCUT2D eigenvalue weighted by molar-refractivity contribution is -0.190. The molecule has 0 aromatic heterocycles. The number of hydrogen-bond acceptors (Lipinski definition) is 20. The molecule has 16 saturated carbocycles. The average molecular weight is 1310 g/mol. The van der Waals surface area contributed by atoms with E-state index in [-0.39, 0.29) is 121 Å². The minimum absolute atomic E-state index is 0.0477. The third kappa shape index (κ3) is 17.5. The Kier molecular flexibility index (Phi) is 23.6. The maximum absolute atomic E-state index is 12.0. The molecule has 16 aliphatic carbocycles. The van der Waals surface area contributed by atoms with Crippen LogP contribution in [0.15, 0.2) is 0 Å². The first-order chi connectivity index (χ1) is 43.9. The number of esters is 8. The maximum atomic E-state index is 12.0. The Labute approximate surface area is 551 Å². The summed E-state index contributed by atoms with van der Waals surface area (Å²) < 4.78 is 41.7. The molecule has 20 heteroatoms. The van der Waals surface area contributed by atoms with Crippen LogP contribution < -0.4 is 0 Å². The van der Waals surface area contributed by atoms with E-state index in [1.165, 1.54) is 19.3 Å². The average Bonchev–Trinajstić information content (AvgIpc) is 0.776. The molecule has 16 bridgehead atoms. The topological polar surface area (TPSA) is 291 Å². The molecular weight excluding hydrogens is 1200 g/mol. The summed E-state index contributed by atoms with van der Waals surface area (Å²) in [5.74, 6) is 2.05. The molecule has 16 fully saturated rings. The molecule has 0 amide bonds. The standard InChI is InChI=1S/C19H30O5.3C18H28O5/c1-4-18(2,3)17(22)23-10-15(20)24-11-19-8-12-5-13(9-19)7-14(6-12)16(19)21;1-3-12(2)16(20)22-9-15(19)23-11-17-5-13-4-14(6-17)8-18(21,7-13)10-17;1-3-11(2)17(21)22-9-15(19)23-10-18-7-12-4-13(8-18)6-14(5-12)16(18)20;1-3-11(2)17(21)22-9-15(19)23-10-18-6-12-4-13(7-18)16(20)14(5-12)8-18/h12-14,16,21H,4-11H2,1-3H3;12-14,21H,3-11H2,1-2H3;2*11-14,16,20H,3-10H2,1-2H3. The Balaban J connectivity index is 0.000000146. The maximum Gasteiger partial charge on any atom is 0.344 e. The fourth-order valence-corrected chi connectivity index (χ4v) is 20.5. The molecule has 0 heterocycles. The zero-order valence-corrected chi connectivity index (χ0v) is 57.5. The Morgan fingerprint density at radius 2 is 0.720 bits per heavy atom. The van der Waals surface area contributed by atoms with Crippen LogP contribution in [-0.4, -0.2) is 145 Å². The summed E-state index contributed by atoms with van der Waals surface area (Å²) in [6, 6.07) is 0. The van der Waals surface area contributed by atoms with E-state index >= 15 is 0 Å². The van der Waals surface area contributed by atoms with Gasteiger partial charge in [0.2, 0.25) is 0 Å². The van der Waals surface area contributed by atoms with Crippen LogP contribution in [0.4, 0.5) is 0 Å². The van der Waals surface area contributed by atoms with Crippen LogP contribution in [0.1, 0.15) is 223 Å². The van der Waals surface area contributed by atoms with E-state index in [2.05, 4.69) is 0 Å². The summed E-state index contributed by atoms with van der Waals surface area (Å²) in [4.78, 5) is 94.3. The SMILES string of the molecule is CCC(C)(C)C(=O)OCC(=O)OCC12CC3CC(CC(C3)C1O)C2.CCC(C)C(=O)OCC(=O)OCC12CC3CC(C1)C(O)C(C3)C2.CCC(C)C(=O)OCC(=O)OCC12CC3CC(CC(C3)C1O)C2.CCC(C)C(=O)OCC(=O)OCC12CC3CC(CC(O)(C3)C1)C2. The predicted octanol–water partition coefficient (Wildman–Crippen LogP) is 9.76. The second-order valence-electron chi connectivity index (χ2n) is 33.2. The van der Waals surface area contributed by atoms with E-state index in [1.54, 1.807) is 34.6 Å². The van der Waals surface area contributed by atoms with Gasteiger partial charge in [0.05, 0.1) is 73.5 Å². The van der Waals surface area contributed by atoms with Gasteiger partial charge in [0.1, 0.15) is 0 Å². The first-order valence-electron chi connectivity index (χ1n) is 36.0. The summed E-state index contributed by atoms with van der Waals surface area (Å²) in [5, 5.41) is 42.3. The van der Waals surface area contributed by atoms with Crippen LogP contribution in [-0.2, 0) is 76.3 Å². The highest BCUT2D eigenvalue weighted by Gasteiger charge is 2.61. The second kappa shape index (κ2) is 30.2. The first kappa shape index (κ1) is 72.9. The number of ether oxygens (including phenoxy) is 8. The van der Waals surface area contributed by atoms with Gasteiger partial charge in [0, 0.05) is 21.7 Å². The van der Waals surface area contributed by atoms with Gasteiger partial charge in [-0.1, -0.05) is 48.5 Å². The fourth-order valence-electron chi connectivity index (χ4n) is 20.5. The van der Waals surface area contributed by atoms with E-state index in [0.29, 0.717) is 104 Å². The number of aliphatic hydroxyl groups excluding tert-OH is 3. The first-order valence-corrected chi connectivity index (χ1v) is 36.0. The molecule has 0 aromatic rings. The summed E-state index contributed by atoms with van der Waals surface area (Å²) in [6.45, 7) is 16.6. The lowest BCUT2D eigenvalue weighted by Crippen LogP contribution is -2.58. The number of hydrogen-bond donors (Lipinski definition) is 4.